The third-order valence-corrected chi connectivity index (χ3v) is 4.79. The van der Waals surface area contributed by atoms with Crippen LogP contribution < -0.4 is 5.32 Å². The van der Waals surface area contributed by atoms with E-state index < -0.39 is 0 Å². The first-order chi connectivity index (χ1) is 13.6. The Balaban J connectivity index is 1.38. The number of hydrogen-bond donors (Lipinski definition) is 2. The number of aryl methyl sites for hydroxylation is 1. The summed E-state index contributed by atoms with van der Waals surface area (Å²) in [6, 6.07) is 13.4. The molecule has 0 aliphatic rings. The third-order valence-electron chi connectivity index (χ3n) is 4.79. The van der Waals surface area contributed by atoms with Gasteiger partial charge in [0.2, 0.25) is 5.91 Å². The molecule has 7 nitrogen and oxygen atoms in total. The van der Waals surface area contributed by atoms with Gasteiger partial charge in [-0.1, -0.05) is 18.2 Å². The van der Waals surface area contributed by atoms with Crippen LogP contribution in [0.15, 0.2) is 54.9 Å². The zero-order valence-electron chi connectivity index (χ0n) is 15.9. The second-order valence-electron chi connectivity index (χ2n) is 6.77. The summed E-state index contributed by atoms with van der Waals surface area (Å²) in [5, 5.41) is 7.47. The molecule has 3 aromatic heterocycles. The van der Waals surface area contributed by atoms with E-state index in [4.69, 9.17) is 0 Å². The largest absolute Gasteiger partial charge is 0.349 e. The minimum Gasteiger partial charge on any atom is -0.349 e. The summed E-state index contributed by atoms with van der Waals surface area (Å²) in [6.45, 7) is 3.94. The fourth-order valence-corrected chi connectivity index (χ4v) is 3.30. The van der Waals surface area contributed by atoms with Crippen LogP contribution in [0, 0.1) is 6.92 Å². The molecule has 0 fully saturated rings. The van der Waals surface area contributed by atoms with E-state index in [0.29, 0.717) is 12.8 Å². The standard InChI is InChI=1S/C21H22N6O/c1-14(16-13-23-27(15(16)2)20-9-5-6-12-22-20)24-21(28)11-10-19-25-17-7-3-4-8-18(17)26-19/h3-9,12-14H,10-11H2,1-2H3,(H,24,28)(H,25,26). The molecule has 2 N–H and O–H groups in total. The molecule has 0 radical (unpaired) electrons. The molecule has 3 heterocycles. The van der Waals surface area contributed by atoms with E-state index in [2.05, 4.69) is 25.4 Å². The van der Waals surface area contributed by atoms with Crippen LogP contribution in [-0.2, 0) is 11.2 Å². The van der Waals surface area contributed by atoms with Gasteiger partial charge in [-0.15, -0.1) is 0 Å². The molecule has 0 bridgehead atoms. The van der Waals surface area contributed by atoms with E-state index in [-0.39, 0.29) is 11.9 Å². The van der Waals surface area contributed by atoms with Crippen molar-refractivity contribution in [3.63, 3.8) is 0 Å². The highest BCUT2D eigenvalue weighted by Crippen LogP contribution is 2.19. The van der Waals surface area contributed by atoms with Crippen molar-refractivity contribution in [1.82, 2.24) is 30.0 Å². The van der Waals surface area contributed by atoms with Gasteiger partial charge in [0.15, 0.2) is 5.82 Å². The fourth-order valence-electron chi connectivity index (χ4n) is 3.30. The first-order valence-corrected chi connectivity index (χ1v) is 9.31. The van der Waals surface area contributed by atoms with Crippen LogP contribution in [0.2, 0.25) is 0 Å². The van der Waals surface area contributed by atoms with E-state index in [9.17, 15) is 4.79 Å². The number of carbonyl (C=O) groups excluding carboxylic acids is 1. The van der Waals surface area contributed by atoms with Gasteiger partial charge in [-0.2, -0.15) is 5.10 Å². The number of aromatic amines is 1. The Morgan fingerprint density at radius 2 is 2.04 bits per heavy atom. The average Bonchev–Trinajstić information content (AvgIpc) is 3.30. The molecule has 1 amide bonds. The predicted octanol–water partition coefficient (Wildman–Crippen LogP) is 3.26. The molecule has 0 saturated carbocycles. The van der Waals surface area contributed by atoms with Gasteiger partial charge in [0.25, 0.3) is 0 Å². The van der Waals surface area contributed by atoms with Crippen LogP contribution >= 0.6 is 0 Å². The number of hydrogen-bond acceptors (Lipinski definition) is 4. The van der Waals surface area contributed by atoms with Gasteiger partial charge < -0.3 is 10.3 Å². The van der Waals surface area contributed by atoms with Crippen molar-refractivity contribution in [3.8, 4) is 5.82 Å². The average molecular weight is 374 g/mol. The third kappa shape index (κ3) is 3.64. The van der Waals surface area contributed by atoms with Crippen LogP contribution in [0.25, 0.3) is 16.9 Å². The van der Waals surface area contributed by atoms with Crippen molar-refractivity contribution in [2.45, 2.75) is 32.7 Å². The molecule has 142 valence electrons. The zero-order chi connectivity index (χ0) is 19.5. The maximum absolute atomic E-state index is 12.4. The number of amides is 1. The SMILES string of the molecule is Cc1c(C(C)NC(=O)CCc2nc3ccccc3[nH]2)cnn1-c1ccccn1. The maximum Gasteiger partial charge on any atom is 0.220 e. The van der Waals surface area contributed by atoms with Crippen molar-refractivity contribution >= 4 is 16.9 Å². The molecule has 7 heteroatoms. The Kier molecular flexibility index (Phi) is 4.89. The Morgan fingerprint density at radius 1 is 1.21 bits per heavy atom. The van der Waals surface area contributed by atoms with Crippen molar-refractivity contribution in [3.05, 3.63) is 71.9 Å². The van der Waals surface area contributed by atoms with Gasteiger partial charge in [0.1, 0.15) is 5.82 Å². The number of fused-ring (bicyclic) bond motifs is 1. The molecule has 1 atom stereocenters. The molecular formula is C21H22N6O. The lowest BCUT2D eigenvalue weighted by Gasteiger charge is -2.14. The number of para-hydroxylation sites is 2. The van der Waals surface area contributed by atoms with Crippen LogP contribution in [-0.4, -0.2) is 30.6 Å². The predicted molar refractivity (Wildman–Crippen MR) is 107 cm³/mol. The molecular weight excluding hydrogens is 352 g/mol. The van der Waals surface area contributed by atoms with Crippen molar-refractivity contribution in [2.24, 2.45) is 0 Å². The van der Waals surface area contributed by atoms with Gasteiger partial charge >= 0.3 is 0 Å². The number of pyridine rings is 1. The topological polar surface area (TPSA) is 88.5 Å². The summed E-state index contributed by atoms with van der Waals surface area (Å²) in [7, 11) is 0. The second-order valence-corrected chi connectivity index (χ2v) is 6.77. The summed E-state index contributed by atoms with van der Waals surface area (Å²) in [6.07, 6.45) is 4.46. The van der Waals surface area contributed by atoms with E-state index in [1.165, 1.54) is 0 Å². The summed E-state index contributed by atoms with van der Waals surface area (Å²) < 4.78 is 1.78. The fraction of sp³-hybridized carbons (Fsp3) is 0.238. The minimum atomic E-state index is -0.138. The number of benzene rings is 1. The number of nitrogens with zero attached hydrogens (tertiary/aromatic N) is 4. The number of carbonyl (C=O) groups is 1. The summed E-state index contributed by atoms with van der Waals surface area (Å²) in [5.41, 5.74) is 3.85. The van der Waals surface area contributed by atoms with E-state index >= 15 is 0 Å². The second kappa shape index (κ2) is 7.64. The monoisotopic (exact) mass is 374 g/mol. The normalized spacial score (nSPS) is 12.2. The lowest BCUT2D eigenvalue weighted by Crippen LogP contribution is -2.27. The highest BCUT2D eigenvalue weighted by atomic mass is 16.1. The molecule has 1 unspecified atom stereocenters. The Morgan fingerprint density at radius 3 is 2.82 bits per heavy atom. The Hall–Kier alpha value is -3.48. The Bertz CT molecular complexity index is 1070. The first kappa shape index (κ1) is 17.9. The van der Waals surface area contributed by atoms with Gasteiger partial charge in [0, 0.05) is 30.3 Å². The quantitative estimate of drug-likeness (QED) is 0.542. The first-order valence-electron chi connectivity index (χ1n) is 9.31. The molecule has 28 heavy (non-hydrogen) atoms. The molecule has 1 aromatic carbocycles. The molecule has 0 aliphatic carbocycles. The van der Waals surface area contributed by atoms with Gasteiger partial charge in [-0.25, -0.2) is 14.6 Å². The van der Waals surface area contributed by atoms with E-state index in [0.717, 1.165) is 33.9 Å². The smallest absolute Gasteiger partial charge is 0.220 e. The summed E-state index contributed by atoms with van der Waals surface area (Å²) >= 11 is 0. The van der Waals surface area contributed by atoms with Crippen LogP contribution in [0.4, 0.5) is 0 Å². The Labute approximate surface area is 162 Å². The van der Waals surface area contributed by atoms with Gasteiger partial charge in [-0.3, -0.25) is 4.79 Å². The molecule has 0 aliphatic heterocycles. The summed E-state index contributed by atoms with van der Waals surface area (Å²) in [5.74, 6) is 1.57. The van der Waals surface area contributed by atoms with Crippen molar-refractivity contribution < 1.29 is 4.79 Å². The highest BCUT2D eigenvalue weighted by molar-refractivity contribution is 5.77. The van der Waals surface area contributed by atoms with Gasteiger partial charge in [-0.05, 0) is 38.1 Å². The highest BCUT2D eigenvalue weighted by Gasteiger charge is 2.17. The molecule has 0 saturated heterocycles. The van der Waals surface area contributed by atoms with Crippen molar-refractivity contribution in [2.75, 3.05) is 0 Å². The molecule has 0 spiro atoms. The summed E-state index contributed by atoms with van der Waals surface area (Å²) in [4.78, 5) is 24.5. The minimum absolute atomic E-state index is 0.0158. The number of imidazole rings is 1. The molecule has 4 aromatic rings. The number of nitrogens with one attached hydrogen (secondary N) is 2. The van der Waals surface area contributed by atoms with Crippen LogP contribution in [0.5, 0.6) is 0 Å². The van der Waals surface area contributed by atoms with E-state index in [1.54, 1.807) is 17.1 Å². The number of aromatic nitrogens is 5. The zero-order valence-corrected chi connectivity index (χ0v) is 15.9. The maximum atomic E-state index is 12.4. The number of H-pyrrole nitrogens is 1. The van der Waals surface area contributed by atoms with Gasteiger partial charge in [0.05, 0.1) is 23.3 Å². The lowest BCUT2D eigenvalue weighted by molar-refractivity contribution is -0.121. The van der Waals surface area contributed by atoms with Crippen LogP contribution in [0.1, 0.15) is 36.5 Å². The molecule has 4 rings (SSSR count). The number of rotatable bonds is 6. The lowest BCUT2D eigenvalue weighted by atomic mass is 10.1. The van der Waals surface area contributed by atoms with E-state index in [1.807, 2.05) is 56.3 Å². The van der Waals surface area contributed by atoms with Crippen molar-refractivity contribution in [1.29, 1.82) is 0 Å². The van der Waals surface area contributed by atoms with Crippen LogP contribution in [0.3, 0.4) is 0 Å².